The fourth-order valence-electron chi connectivity index (χ4n) is 3.54. The second kappa shape index (κ2) is 8.93. The van der Waals surface area contributed by atoms with Crippen molar-refractivity contribution in [1.29, 1.82) is 0 Å². The van der Waals surface area contributed by atoms with Gasteiger partial charge in [-0.15, -0.1) is 0 Å². The van der Waals surface area contributed by atoms with Gasteiger partial charge in [0.2, 0.25) is 0 Å². The molecule has 1 N–H and O–H groups in total. The summed E-state index contributed by atoms with van der Waals surface area (Å²) in [7, 11) is 0. The van der Waals surface area contributed by atoms with E-state index in [1.165, 1.54) is 42.8 Å². The Hall–Kier alpha value is -2.44. The van der Waals surface area contributed by atoms with Gasteiger partial charge in [-0.1, -0.05) is 42.0 Å². The van der Waals surface area contributed by atoms with Crippen LogP contribution in [-0.4, -0.2) is 35.5 Å². The summed E-state index contributed by atoms with van der Waals surface area (Å²) in [5.74, 6) is 1.33. The smallest absolute Gasteiger partial charge is 0.264 e. The molecule has 2 heterocycles. The Morgan fingerprint density at radius 1 is 1.21 bits per heavy atom. The lowest BCUT2D eigenvalue weighted by atomic mass is 9.99. The van der Waals surface area contributed by atoms with E-state index in [0.717, 1.165) is 28.2 Å². The molecule has 1 saturated heterocycles. The average molecular weight is 410 g/mol. The molecule has 0 unspecified atom stereocenters. The molecular weight excluding hydrogens is 382 g/mol. The van der Waals surface area contributed by atoms with Crippen molar-refractivity contribution in [3.63, 3.8) is 0 Å². The van der Waals surface area contributed by atoms with Crippen LogP contribution >= 0.6 is 11.3 Å². The third kappa shape index (κ3) is 5.34. The van der Waals surface area contributed by atoms with Crippen molar-refractivity contribution in [3.05, 3.63) is 53.6 Å². The minimum Gasteiger partial charge on any atom is -0.484 e. The molecule has 5 nitrogen and oxygen atoms in total. The topological polar surface area (TPSA) is 54.5 Å². The maximum Gasteiger partial charge on any atom is 0.264 e. The van der Waals surface area contributed by atoms with E-state index in [4.69, 9.17) is 4.74 Å². The highest BCUT2D eigenvalue weighted by atomic mass is 32.1. The predicted molar refractivity (Wildman–Crippen MR) is 119 cm³/mol. The molecule has 1 aliphatic heterocycles. The lowest BCUT2D eigenvalue weighted by Crippen LogP contribution is -2.32. The number of aromatic nitrogens is 1. The van der Waals surface area contributed by atoms with Gasteiger partial charge >= 0.3 is 0 Å². The van der Waals surface area contributed by atoms with Crippen LogP contribution in [0.1, 0.15) is 30.9 Å². The Morgan fingerprint density at radius 2 is 1.97 bits per heavy atom. The fourth-order valence-corrected chi connectivity index (χ4v) is 4.48. The van der Waals surface area contributed by atoms with E-state index in [0.29, 0.717) is 10.9 Å². The number of hydrogen-bond acceptors (Lipinski definition) is 5. The Morgan fingerprint density at radius 3 is 2.72 bits per heavy atom. The molecule has 0 atom stereocenters. The number of nitrogens with one attached hydrogen (secondary N) is 1. The lowest BCUT2D eigenvalue weighted by Gasteiger charge is -2.30. The predicted octanol–water partition coefficient (Wildman–Crippen LogP) is 4.85. The Kier molecular flexibility index (Phi) is 6.11. The van der Waals surface area contributed by atoms with Crippen molar-refractivity contribution in [2.45, 2.75) is 33.2 Å². The molecule has 1 fully saturated rings. The second-order valence-electron chi connectivity index (χ2n) is 7.93. The molecule has 152 valence electrons. The first-order valence-electron chi connectivity index (χ1n) is 10.2. The van der Waals surface area contributed by atoms with Crippen LogP contribution < -0.4 is 10.1 Å². The fraction of sp³-hybridized carbons (Fsp3) is 0.391. The number of ether oxygens (including phenoxy) is 1. The molecule has 1 aromatic heterocycles. The molecule has 6 heteroatoms. The molecule has 0 saturated carbocycles. The summed E-state index contributed by atoms with van der Waals surface area (Å²) in [6, 6.07) is 14.0. The number of rotatable bonds is 6. The molecule has 0 spiro atoms. The van der Waals surface area contributed by atoms with Crippen LogP contribution in [-0.2, 0) is 11.3 Å². The Bertz CT molecular complexity index is 975. The first kappa shape index (κ1) is 19.9. The van der Waals surface area contributed by atoms with E-state index in [9.17, 15) is 4.79 Å². The van der Waals surface area contributed by atoms with Gasteiger partial charge in [0, 0.05) is 6.54 Å². The van der Waals surface area contributed by atoms with Crippen molar-refractivity contribution >= 4 is 32.6 Å². The molecule has 0 radical (unpaired) electrons. The van der Waals surface area contributed by atoms with Crippen LogP contribution in [0.2, 0.25) is 0 Å². The maximum absolute atomic E-state index is 12.2. The van der Waals surface area contributed by atoms with E-state index >= 15 is 0 Å². The Labute approximate surface area is 175 Å². The molecule has 29 heavy (non-hydrogen) atoms. The number of aryl methyl sites for hydroxylation is 1. The summed E-state index contributed by atoms with van der Waals surface area (Å²) in [6.45, 7) is 7.64. The normalized spacial score (nSPS) is 15.5. The zero-order valence-corrected chi connectivity index (χ0v) is 17.8. The van der Waals surface area contributed by atoms with Crippen molar-refractivity contribution < 1.29 is 9.53 Å². The summed E-state index contributed by atoms with van der Waals surface area (Å²) in [4.78, 5) is 19.3. The summed E-state index contributed by atoms with van der Waals surface area (Å²) < 4.78 is 6.64. The van der Waals surface area contributed by atoms with E-state index in [-0.39, 0.29) is 12.5 Å². The Balaban J connectivity index is 1.34. The van der Waals surface area contributed by atoms with Crippen molar-refractivity contribution in [2.24, 2.45) is 5.92 Å². The van der Waals surface area contributed by atoms with Gasteiger partial charge < -0.3 is 4.74 Å². The van der Waals surface area contributed by atoms with E-state index < -0.39 is 0 Å². The van der Waals surface area contributed by atoms with Gasteiger partial charge in [-0.05, 0) is 68.6 Å². The lowest BCUT2D eigenvalue weighted by molar-refractivity contribution is -0.118. The first-order valence-corrected chi connectivity index (χ1v) is 11.0. The number of carbonyl (C=O) groups is 1. The van der Waals surface area contributed by atoms with Gasteiger partial charge in [0.05, 0.1) is 10.2 Å². The first-order chi connectivity index (χ1) is 14.0. The highest BCUT2D eigenvalue weighted by Gasteiger charge is 2.16. The number of piperidine rings is 1. The van der Waals surface area contributed by atoms with Gasteiger partial charge in [-0.25, -0.2) is 4.98 Å². The van der Waals surface area contributed by atoms with Crippen LogP contribution in [0.4, 0.5) is 5.13 Å². The molecule has 0 bridgehead atoms. The van der Waals surface area contributed by atoms with E-state index in [2.05, 4.69) is 34.3 Å². The third-order valence-electron chi connectivity index (χ3n) is 5.37. The molecule has 1 aliphatic rings. The summed E-state index contributed by atoms with van der Waals surface area (Å²) in [5.41, 5.74) is 3.38. The molecule has 2 aromatic carbocycles. The highest BCUT2D eigenvalue weighted by molar-refractivity contribution is 7.22. The number of likely N-dealkylation sites (tertiary alicyclic amines) is 1. The largest absolute Gasteiger partial charge is 0.484 e. The van der Waals surface area contributed by atoms with Crippen LogP contribution in [0.15, 0.2) is 42.5 Å². The standard InChI is InChI=1S/C23H27N3O2S/c1-16-3-6-19(7-4-16)28-15-22(27)25-23-24-20-8-5-18(13-21(20)29-23)14-26-11-9-17(2)10-12-26/h3-8,13,17H,9-12,14-15H2,1-2H3,(H,24,25,27). The van der Waals surface area contributed by atoms with E-state index in [1.807, 2.05) is 37.3 Å². The second-order valence-corrected chi connectivity index (χ2v) is 8.96. The van der Waals surface area contributed by atoms with Crippen molar-refractivity contribution in [1.82, 2.24) is 9.88 Å². The van der Waals surface area contributed by atoms with Crippen LogP contribution in [0.25, 0.3) is 10.2 Å². The summed E-state index contributed by atoms with van der Waals surface area (Å²) in [5, 5.41) is 3.46. The molecule has 4 rings (SSSR count). The average Bonchev–Trinajstić information content (AvgIpc) is 3.11. The third-order valence-corrected chi connectivity index (χ3v) is 6.31. The number of anilines is 1. The summed E-state index contributed by atoms with van der Waals surface area (Å²) >= 11 is 1.51. The zero-order valence-electron chi connectivity index (χ0n) is 17.0. The SMILES string of the molecule is Cc1ccc(OCC(=O)Nc2nc3ccc(CN4CCC(C)CC4)cc3s2)cc1. The number of benzene rings is 2. The quantitative estimate of drug-likeness (QED) is 0.632. The highest BCUT2D eigenvalue weighted by Crippen LogP contribution is 2.28. The van der Waals surface area contributed by atoms with Gasteiger partial charge in [0.15, 0.2) is 11.7 Å². The van der Waals surface area contributed by atoms with Gasteiger partial charge in [0.1, 0.15) is 5.75 Å². The maximum atomic E-state index is 12.2. The van der Waals surface area contributed by atoms with Gasteiger partial charge in [-0.3, -0.25) is 15.0 Å². The molecule has 3 aromatic rings. The molecule has 1 amide bonds. The number of carbonyl (C=O) groups excluding carboxylic acids is 1. The summed E-state index contributed by atoms with van der Waals surface area (Å²) in [6.07, 6.45) is 2.56. The van der Waals surface area contributed by atoms with Crippen molar-refractivity contribution in [2.75, 3.05) is 25.0 Å². The minimum absolute atomic E-state index is 0.0301. The van der Waals surface area contributed by atoms with E-state index in [1.54, 1.807) is 0 Å². The monoisotopic (exact) mass is 409 g/mol. The number of amides is 1. The van der Waals surface area contributed by atoms with Crippen LogP contribution in [0.3, 0.4) is 0 Å². The van der Waals surface area contributed by atoms with Gasteiger partial charge in [-0.2, -0.15) is 0 Å². The number of nitrogens with zero attached hydrogens (tertiary/aromatic N) is 2. The van der Waals surface area contributed by atoms with Crippen LogP contribution in [0.5, 0.6) is 5.75 Å². The molecular formula is C23H27N3O2S. The minimum atomic E-state index is -0.202. The van der Waals surface area contributed by atoms with Crippen molar-refractivity contribution in [3.8, 4) is 5.75 Å². The number of thiazole rings is 1. The number of fused-ring (bicyclic) bond motifs is 1. The van der Waals surface area contributed by atoms with Gasteiger partial charge in [0.25, 0.3) is 5.91 Å². The number of hydrogen-bond donors (Lipinski definition) is 1. The zero-order chi connectivity index (χ0) is 20.2. The molecule has 0 aliphatic carbocycles. The van der Waals surface area contributed by atoms with Crippen LogP contribution in [0, 0.1) is 12.8 Å².